The van der Waals surface area contributed by atoms with Crippen LogP contribution in [-0.2, 0) is 46.0 Å². The number of nitrogens with zero attached hydrogens (tertiary/aromatic N) is 5. The molecule has 1 aromatic heterocycles. The number of carbonyl (C=O) groups is 4. The zero-order valence-corrected chi connectivity index (χ0v) is 50.6. The first kappa shape index (κ1) is 73.2. The third-order valence-corrected chi connectivity index (χ3v) is 12.0. The predicted octanol–water partition coefficient (Wildman–Crippen LogP) is 10.1. The van der Waals surface area contributed by atoms with E-state index in [4.69, 9.17) is 79.1 Å². The summed E-state index contributed by atoms with van der Waals surface area (Å²) in [6.45, 7) is 17.0. The fraction of sp³-hybridized carbons (Fsp3) is 0.400. The minimum atomic E-state index is -4.65. The Balaban J connectivity index is 0. The molecule has 0 spiro atoms. The first-order valence-electron chi connectivity index (χ1n) is 22.3. The van der Waals surface area contributed by atoms with E-state index in [1.54, 1.807) is 66.7 Å². The third kappa shape index (κ3) is 33.8. The number of furan rings is 1. The first-order valence-corrected chi connectivity index (χ1v) is 25.9. The molecule has 4 aromatic rings. The number of allylic oxidation sites excluding steroid dienone is 2. The molecule has 5 rings (SSSR count). The second kappa shape index (κ2) is 39.5. The van der Waals surface area contributed by atoms with Crippen molar-refractivity contribution in [3.05, 3.63) is 149 Å². The molecule has 1 aliphatic rings. The number of likely N-dealkylation sites (tertiary alicyclic amines) is 1. The van der Waals surface area contributed by atoms with E-state index in [9.17, 15) is 37.5 Å². The van der Waals surface area contributed by atoms with Gasteiger partial charge in [0.15, 0.2) is 24.8 Å². The van der Waals surface area contributed by atoms with Crippen LogP contribution in [0, 0.1) is 16.0 Å². The molecule has 0 N–H and O–H groups in total. The predicted molar refractivity (Wildman–Crippen MR) is 292 cm³/mol. The number of hydrogen-bond donors (Lipinski definition) is 0. The van der Waals surface area contributed by atoms with Gasteiger partial charge >= 0.3 is 41.5 Å². The summed E-state index contributed by atoms with van der Waals surface area (Å²) in [5.74, 6) is -0.145. The summed E-state index contributed by atoms with van der Waals surface area (Å²) in [5.41, 5.74) is 4.92. The zero-order valence-electron chi connectivity index (χ0n) is 43.2. The van der Waals surface area contributed by atoms with Crippen LogP contribution < -0.4 is 34.5 Å². The van der Waals surface area contributed by atoms with Crippen LogP contribution >= 0.6 is 69.6 Å². The number of hydrogen-bond acceptors (Lipinski definition) is 15. The summed E-state index contributed by atoms with van der Waals surface area (Å²) in [6.07, 6.45) is 6.45. The number of nitro groups is 1. The smallest absolute Gasteiger partial charge is 0.728 e. The molecular formula is C50H62Cl6N5NaO12S. The molecule has 3 atom stereocenters. The molecule has 1 aliphatic heterocycles. The molecule has 0 amide bonds. The van der Waals surface area contributed by atoms with Crippen LogP contribution in [0.15, 0.2) is 130 Å². The Bertz CT molecular complexity index is 2470. The second-order valence-electron chi connectivity index (χ2n) is 17.0. The molecule has 25 heteroatoms. The standard InChI is InChI=1S/C19H31N.C13H15NO6.C8H11N3O3S.C5H4O2.C4Cl6.CH2O.Na/c1-16(15-20-12-6-5-7-13-20)14-17-8-10-18(11-9-17)19(2,3)4;1-9(15)19-8-12(14(17)18)13(20-10(2)16)11-6-4-3-5-7-11;1-11(2)8-5-3-7(4-6-8)9-10-15(12,13)14;6-4-5-2-1-3-7-5;5-1(3(7)8)2(6)4(9)10;1-2;/h8-11,16H,5-7,12-15H2,1-4H3;3-7,12-13H,8H2,1-2H3;3-6H,1-2H3,(H,12,13,14);1-4H;;1H2;/q;;;;;;+1/p-1. The van der Waals surface area contributed by atoms with Gasteiger partial charge < -0.3 is 33.0 Å². The van der Waals surface area contributed by atoms with E-state index in [1.165, 1.54) is 69.6 Å². The average molecular weight is 1190 g/mol. The maximum absolute atomic E-state index is 11.1. The summed E-state index contributed by atoms with van der Waals surface area (Å²) in [4.78, 5) is 54.8. The average Bonchev–Trinajstić information content (AvgIpc) is 3.89. The summed E-state index contributed by atoms with van der Waals surface area (Å²) >= 11 is 31.8. The van der Waals surface area contributed by atoms with Gasteiger partial charge in [-0.15, -0.1) is 5.11 Å². The summed E-state index contributed by atoms with van der Waals surface area (Å²) in [6, 6.07) is 26.1. The van der Waals surface area contributed by atoms with Gasteiger partial charge in [0.1, 0.15) is 15.8 Å². The molecule has 17 nitrogen and oxygen atoms in total. The molecule has 1 fully saturated rings. The van der Waals surface area contributed by atoms with Crippen LogP contribution in [0.3, 0.4) is 0 Å². The van der Waals surface area contributed by atoms with Gasteiger partial charge in [-0.1, -0.05) is 163 Å². The minimum absolute atomic E-state index is 0. The minimum Gasteiger partial charge on any atom is -0.728 e. The van der Waals surface area contributed by atoms with Crippen LogP contribution in [0.5, 0.6) is 0 Å². The van der Waals surface area contributed by atoms with Crippen molar-refractivity contribution in [2.45, 2.75) is 84.8 Å². The molecule has 2 heterocycles. The number of esters is 2. The largest absolute Gasteiger partial charge is 1.00 e. The monoisotopic (exact) mass is 1190 g/mol. The number of anilines is 1. The van der Waals surface area contributed by atoms with Gasteiger partial charge in [-0.05, 0) is 96.8 Å². The van der Waals surface area contributed by atoms with E-state index in [-0.39, 0.29) is 54.0 Å². The van der Waals surface area contributed by atoms with Crippen molar-refractivity contribution in [3.8, 4) is 0 Å². The zero-order chi connectivity index (χ0) is 56.6. The van der Waals surface area contributed by atoms with Crippen LogP contribution in [-0.4, -0.2) is 94.2 Å². The van der Waals surface area contributed by atoms with Crippen molar-refractivity contribution in [1.29, 1.82) is 0 Å². The fourth-order valence-corrected chi connectivity index (χ4v) is 7.24. The second-order valence-corrected chi connectivity index (χ2v) is 20.7. The van der Waals surface area contributed by atoms with Gasteiger partial charge in [0.2, 0.25) is 10.3 Å². The Hall–Kier alpha value is -3.89. The number of aldehydes is 1. The Labute approximate surface area is 492 Å². The van der Waals surface area contributed by atoms with Crippen molar-refractivity contribution in [2.24, 2.45) is 15.6 Å². The van der Waals surface area contributed by atoms with Crippen LogP contribution in [0.2, 0.25) is 0 Å². The number of piperidine rings is 1. The Kier molecular flexibility index (Phi) is 38.5. The van der Waals surface area contributed by atoms with E-state index < -0.39 is 45.9 Å². The molecule has 3 unspecified atom stereocenters. The molecule has 3 aromatic carbocycles. The molecule has 1 saturated heterocycles. The quantitative estimate of drug-likeness (QED) is 0.0158. The van der Waals surface area contributed by atoms with Gasteiger partial charge in [-0.3, -0.25) is 24.5 Å². The number of benzene rings is 3. The SMILES string of the molecule is C=O.CC(=O)OCC(C(OC(C)=O)c1ccccc1)[N+](=O)[O-].CC(Cc1ccc(C(C)(C)C)cc1)CN1CCCCC1.CN(C)c1ccc(N=NS(=O)(=O)[O-])cc1.ClC(Cl)=C(Cl)C(Cl)=C(Cl)Cl.O=Cc1ccco1.[Na+]. The number of ether oxygens (including phenoxy) is 2. The van der Waals surface area contributed by atoms with Gasteiger partial charge in [0.25, 0.3) is 6.04 Å². The van der Waals surface area contributed by atoms with Gasteiger partial charge in [0, 0.05) is 45.1 Å². The Morgan fingerprint density at radius 3 is 1.77 bits per heavy atom. The first-order chi connectivity index (χ1) is 34.6. The number of carbonyl (C=O) groups excluding carboxylic acids is 4. The van der Waals surface area contributed by atoms with Crippen molar-refractivity contribution < 1.29 is 80.5 Å². The molecule has 0 radical (unpaired) electrons. The summed E-state index contributed by atoms with van der Waals surface area (Å²) in [7, 11) is -0.904. The fourth-order valence-electron chi connectivity index (χ4n) is 6.28. The van der Waals surface area contributed by atoms with Gasteiger partial charge in [0.05, 0.1) is 22.0 Å². The van der Waals surface area contributed by atoms with Crippen molar-refractivity contribution in [3.63, 3.8) is 0 Å². The Morgan fingerprint density at radius 2 is 1.39 bits per heavy atom. The van der Waals surface area contributed by atoms with Crippen LogP contribution in [0.25, 0.3) is 0 Å². The van der Waals surface area contributed by atoms with E-state index in [0.717, 1.165) is 18.5 Å². The molecule has 75 heavy (non-hydrogen) atoms. The topological polar surface area (TPSA) is 231 Å². The third-order valence-electron chi connectivity index (χ3n) is 9.73. The molecule has 0 bridgehead atoms. The van der Waals surface area contributed by atoms with E-state index in [0.29, 0.717) is 23.3 Å². The normalized spacial score (nSPS) is 13.0. The number of rotatable bonds is 15. The van der Waals surface area contributed by atoms with E-state index in [1.807, 2.05) is 25.8 Å². The van der Waals surface area contributed by atoms with Crippen molar-refractivity contribution in [1.82, 2.24) is 4.90 Å². The van der Waals surface area contributed by atoms with E-state index >= 15 is 0 Å². The van der Waals surface area contributed by atoms with Crippen molar-refractivity contribution in [2.75, 3.05) is 45.2 Å². The van der Waals surface area contributed by atoms with Crippen LogP contribution in [0.1, 0.15) is 94.2 Å². The number of halogens is 6. The molecular weight excluding hydrogens is 1130 g/mol. The van der Waals surface area contributed by atoms with Gasteiger partial charge in [-0.25, -0.2) is 8.42 Å². The van der Waals surface area contributed by atoms with Crippen LogP contribution in [0.4, 0.5) is 11.4 Å². The molecule has 0 aliphatic carbocycles. The van der Waals surface area contributed by atoms with E-state index in [2.05, 4.69) is 75.6 Å². The summed E-state index contributed by atoms with van der Waals surface area (Å²) < 4.78 is 47.1. The maximum Gasteiger partial charge on any atom is 1.00 e. The Morgan fingerprint density at radius 1 is 0.853 bits per heavy atom. The summed E-state index contributed by atoms with van der Waals surface area (Å²) in [5, 5.41) is 14.3. The van der Waals surface area contributed by atoms with Crippen molar-refractivity contribution >= 4 is 116 Å². The molecule has 0 saturated carbocycles. The maximum atomic E-state index is 11.1. The molecule has 408 valence electrons. The van der Waals surface area contributed by atoms with Gasteiger partial charge in [-0.2, -0.15) is 0 Å².